The monoisotopic (exact) mass is 296 g/mol. The predicted molar refractivity (Wildman–Crippen MR) is 51.1 cm³/mol. The highest BCUT2D eigenvalue weighted by atomic mass is 79.9. The van der Waals surface area contributed by atoms with Crippen LogP contribution in [0, 0.1) is 0 Å². The van der Waals surface area contributed by atoms with Crippen molar-refractivity contribution >= 4 is 27.7 Å². The molecule has 0 atom stereocenters. The molecule has 1 aromatic carbocycles. The number of benzene rings is 1. The molecular weight excluding hydrogens is 293 g/mol. The minimum Gasteiger partial charge on any atom is -0.475 e. The number of carboxylic acids is 1. The van der Waals surface area contributed by atoms with E-state index >= 15 is 0 Å². The van der Waals surface area contributed by atoms with Crippen LogP contribution in [0.4, 0.5) is 13.2 Å². The van der Waals surface area contributed by atoms with Crippen LogP contribution in [0.2, 0.25) is 0 Å². The highest BCUT2D eigenvalue weighted by molar-refractivity contribution is 9.10. The van der Waals surface area contributed by atoms with E-state index in [0.29, 0.717) is 12.1 Å². The lowest BCUT2D eigenvalue weighted by molar-refractivity contribution is -0.137. The Morgan fingerprint density at radius 3 is 2.19 bits per heavy atom. The molecule has 0 bridgehead atoms. The molecule has 0 saturated heterocycles. The van der Waals surface area contributed by atoms with Gasteiger partial charge in [0.15, 0.2) is 0 Å². The normalized spacial score (nSPS) is 11.2. The fourth-order valence-electron chi connectivity index (χ4n) is 0.991. The minimum atomic E-state index is -4.53. The fraction of sp³-hybridized carbons (Fsp3) is 0.111. The van der Waals surface area contributed by atoms with Crippen LogP contribution < -0.4 is 0 Å². The second-order valence-corrected chi connectivity index (χ2v) is 3.68. The predicted octanol–water partition coefficient (Wildman–Crippen LogP) is 2.74. The molecule has 0 aliphatic carbocycles. The molecule has 7 heteroatoms. The van der Waals surface area contributed by atoms with Crippen molar-refractivity contribution in [1.29, 1.82) is 0 Å². The van der Waals surface area contributed by atoms with Crippen molar-refractivity contribution in [2.24, 2.45) is 0 Å². The first-order valence-electron chi connectivity index (χ1n) is 3.88. The highest BCUT2D eigenvalue weighted by Crippen LogP contribution is 2.32. The molecular formula is C9H4BrF3O3. The topological polar surface area (TPSA) is 54.4 Å². The van der Waals surface area contributed by atoms with Crippen LogP contribution in [-0.4, -0.2) is 16.9 Å². The Labute approximate surface area is 96.0 Å². The van der Waals surface area contributed by atoms with Crippen molar-refractivity contribution in [3.05, 3.63) is 33.8 Å². The van der Waals surface area contributed by atoms with Crippen LogP contribution in [0.3, 0.4) is 0 Å². The summed E-state index contributed by atoms with van der Waals surface area (Å²) in [7, 11) is 0. The molecule has 16 heavy (non-hydrogen) atoms. The van der Waals surface area contributed by atoms with Gasteiger partial charge in [-0.2, -0.15) is 13.2 Å². The number of alkyl halides is 3. The van der Waals surface area contributed by atoms with Gasteiger partial charge in [0.25, 0.3) is 5.78 Å². The van der Waals surface area contributed by atoms with Crippen molar-refractivity contribution in [1.82, 2.24) is 0 Å². The van der Waals surface area contributed by atoms with E-state index < -0.39 is 23.5 Å². The molecule has 0 amide bonds. The molecule has 1 rings (SSSR count). The lowest BCUT2D eigenvalue weighted by Gasteiger charge is -2.08. The minimum absolute atomic E-state index is 0.199. The molecule has 0 aliphatic heterocycles. The zero-order valence-corrected chi connectivity index (χ0v) is 9.09. The molecule has 0 spiro atoms. The van der Waals surface area contributed by atoms with Crippen molar-refractivity contribution in [2.75, 3.05) is 0 Å². The number of aliphatic carboxylic acids is 1. The van der Waals surface area contributed by atoms with Crippen LogP contribution in [0.5, 0.6) is 0 Å². The summed E-state index contributed by atoms with van der Waals surface area (Å²) in [6.45, 7) is 0. The Morgan fingerprint density at radius 1 is 1.25 bits per heavy atom. The number of hydrogen-bond acceptors (Lipinski definition) is 2. The number of Topliss-reactive ketones (excluding diaryl/α,β-unsaturated/α-hetero) is 1. The molecule has 0 unspecified atom stereocenters. The molecule has 1 N–H and O–H groups in total. The maximum atomic E-state index is 12.2. The highest BCUT2D eigenvalue weighted by Gasteiger charge is 2.31. The Kier molecular flexibility index (Phi) is 3.37. The largest absolute Gasteiger partial charge is 0.475 e. The number of ketones is 1. The van der Waals surface area contributed by atoms with Gasteiger partial charge in [-0.15, -0.1) is 0 Å². The number of rotatable bonds is 2. The van der Waals surface area contributed by atoms with Crippen molar-refractivity contribution < 1.29 is 27.9 Å². The molecule has 0 radical (unpaired) electrons. The van der Waals surface area contributed by atoms with E-state index in [1.54, 1.807) is 0 Å². The zero-order chi connectivity index (χ0) is 12.5. The van der Waals surface area contributed by atoms with Crippen LogP contribution in [0.1, 0.15) is 15.9 Å². The summed E-state index contributed by atoms with van der Waals surface area (Å²) in [6, 6.07) is 2.14. The van der Waals surface area contributed by atoms with E-state index in [4.69, 9.17) is 5.11 Å². The third-order valence-corrected chi connectivity index (χ3v) is 2.39. The average molecular weight is 297 g/mol. The average Bonchev–Trinajstić information content (AvgIpc) is 2.15. The SMILES string of the molecule is O=C(O)C(=O)c1ccc(C(F)(F)F)cc1Br. The number of halogens is 4. The molecule has 1 aromatic rings. The summed E-state index contributed by atoms with van der Waals surface area (Å²) in [5.41, 5.74) is -1.28. The Hall–Kier alpha value is -1.37. The van der Waals surface area contributed by atoms with Crippen LogP contribution >= 0.6 is 15.9 Å². The van der Waals surface area contributed by atoms with Gasteiger partial charge in [0.1, 0.15) is 0 Å². The van der Waals surface area contributed by atoms with Gasteiger partial charge >= 0.3 is 12.1 Å². The Bertz CT molecular complexity index is 454. The maximum absolute atomic E-state index is 12.2. The van der Waals surface area contributed by atoms with Crippen molar-refractivity contribution in [3.63, 3.8) is 0 Å². The zero-order valence-electron chi connectivity index (χ0n) is 7.51. The second kappa shape index (κ2) is 4.25. The van der Waals surface area contributed by atoms with Gasteiger partial charge in [0.2, 0.25) is 0 Å². The quantitative estimate of drug-likeness (QED) is 0.674. The summed E-state index contributed by atoms with van der Waals surface area (Å²) in [5.74, 6) is -2.99. The summed E-state index contributed by atoms with van der Waals surface area (Å²) < 4.78 is 36.5. The van der Waals surface area contributed by atoms with E-state index in [-0.39, 0.29) is 10.0 Å². The summed E-state index contributed by atoms with van der Waals surface area (Å²) in [4.78, 5) is 21.4. The first-order valence-corrected chi connectivity index (χ1v) is 4.67. The first kappa shape index (κ1) is 12.7. The van der Waals surface area contributed by atoms with E-state index in [1.807, 2.05) is 0 Å². The lowest BCUT2D eigenvalue weighted by atomic mass is 10.1. The summed E-state index contributed by atoms with van der Waals surface area (Å²) in [6.07, 6.45) is -4.53. The van der Waals surface area contributed by atoms with Crippen molar-refractivity contribution in [3.8, 4) is 0 Å². The van der Waals surface area contributed by atoms with Crippen LogP contribution in [-0.2, 0) is 11.0 Å². The lowest BCUT2D eigenvalue weighted by Crippen LogP contribution is -2.14. The van der Waals surface area contributed by atoms with Crippen LogP contribution in [0.25, 0.3) is 0 Å². The number of carbonyl (C=O) groups excluding carboxylic acids is 1. The van der Waals surface area contributed by atoms with E-state index in [9.17, 15) is 22.8 Å². The van der Waals surface area contributed by atoms with Gasteiger partial charge in [-0.05, 0) is 18.2 Å². The molecule has 0 aromatic heterocycles. The molecule has 0 saturated carbocycles. The van der Waals surface area contributed by atoms with Crippen molar-refractivity contribution in [2.45, 2.75) is 6.18 Å². The standard InChI is InChI=1S/C9H4BrF3O3/c10-6-3-4(9(11,12)13)1-2-5(6)7(14)8(15)16/h1-3H,(H,15,16). The number of carbonyl (C=O) groups is 2. The molecule has 0 aliphatic rings. The molecule has 3 nitrogen and oxygen atoms in total. The van der Waals surface area contributed by atoms with Gasteiger partial charge < -0.3 is 5.11 Å². The van der Waals surface area contributed by atoms with Gasteiger partial charge in [-0.25, -0.2) is 4.79 Å². The summed E-state index contributed by atoms with van der Waals surface area (Å²) >= 11 is 2.72. The molecule has 86 valence electrons. The Balaban J connectivity index is 3.20. The van der Waals surface area contributed by atoms with Crippen LogP contribution in [0.15, 0.2) is 22.7 Å². The maximum Gasteiger partial charge on any atom is 0.416 e. The first-order chi connectivity index (χ1) is 7.23. The number of carboxylic acid groups (broad SMARTS) is 1. The second-order valence-electron chi connectivity index (χ2n) is 2.83. The third-order valence-electron chi connectivity index (χ3n) is 1.74. The van der Waals surface area contributed by atoms with E-state index in [0.717, 1.165) is 6.07 Å². The molecule has 0 heterocycles. The summed E-state index contributed by atoms with van der Waals surface area (Å²) in [5, 5.41) is 8.40. The van der Waals surface area contributed by atoms with Gasteiger partial charge in [0, 0.05) is 10.0 Å². The van der Waals surface area contributed by atoms with Gasteiger partial charge in [0.05, 0.1) is 5.56 Å². The van der Waals surface area contributed by atoms with E-state index in [2.05, 4.69) is 15.9 Å². The van der Waals surface area contributed by atoms with Gasteiger partial charge in [-0.3, -0.25) is 4.79 Å². The van der Waals surface area contributed by atoms with Gasteiger partial charge in [-0.1, -0.05) is 15.9 Å². The molecule has 0 fully saturated rings. The Morgan fingerprint density at radius 2 is 1.81 bits per heavy atom. The fourth-order valence-corrected chi connectivity index (χ4v) is 1.55. The van der Waals surface area contributed by atoms with E-state index in [1.165, 1.54) is 0 Å². The third kappa shape index (κ3) is 2.60. The number of hydrogen-bond donors (Lipinski definition) is 1. The smallest absolute Gasteiger partial charge is 0.416 e.